The summed E-state index contributed by atoms with van der Waals surface area (Å²) in [5.41, 5.74) is 16.8. The van der Waals surface area contributed by atoms with Crippen LogP contribution in [0.25, 0.3) is 0 Å². The first-order valence-corrected chi connectivity index (χ1v) is 34.1. The van der Waals surface area contributed by atoms with Crippen LogP contribution in [0.1, 0.15) is 229 Å². The number of hydrogen-bond donors (Lipinski definition) is 3. The van der Waals surface area contributed by atoms with Crippen LogP contribution >= 0.6 is 81.2 Å². The van der Waals surface area contributed by atoms with Gasteiger partial charge in [-0.1, -0.05) is 133 Å². The minimum atomic E-state index is -0.807. The van der Waals surface area contributed by atoms with Gasteiger partial charge in [0.1, 0.15) is 45.9 Å². The monoisotopic (exact) mass is 1510 g/mol. The summed E-state index contributed by atoms with van der Waals surface area (Å²) in [5, 5.41) is 0.458. The van der Waals surface area contributed by atoms with Crippen LogP contribution in [0.15, 0.2) is 109 Å². The van der Waals surface area contributed by atoms with Gasteiger partial charge >= 0.3 is 17.9 Å². The number of carbonyl (C=O) groups excluding carboxylic acids is 6. The predicted octanol–water partition coefficient (Wildman–Crippen LogP) is 22.0. The highest BCUT2D eigenvalue weighted by Crippen LogP contribution is 2.37. The number of carbonyl (C=O) groups is 6. The SMILES string of the molecule is CC[C@@H](CC(=O)OC(C)(C)C)c1ccc(Cl)c(C(=O)c2ccc(F)c(Cl)c2)c1F.CC[C@@H](CC(=O)OC(C)(C)C)c1ccc(Cl)c(C(=O)c2ccc(N)c(Cl)c2)c1F.CC[C@@H](CC(=O)OC(C)(C)C)c1ccc(Cl)cc1F.CC[C@@H](N)c1ccc(Cl)c(C(=O)c2ccc(N)c(Cl)c2)c1F. The molecule has 0 heterocycles. The van der Waals surface area contributed by atoms with Crippen LogP contribution in [0.3, 0.4) is 0 Å². The molecule has 0 aliphatic rings. The number of esters is 3. The van der Waals surface area contributed by atoms with Crippen molar-refractivity contribution in [3.63, 3.8) is 0 Å². The van der Waals surface area contributed by atoms with Gasteiger partial charge in [-0.2, -0.15) is 0 Å². The summed E-state index contributed by atoms with van der Waals surface area (Å²) in [5.74, 6) is -7.54. The quantitative estimate of drug-likeness (QED) is 0.0214. The third-order valence-electron chi connectivity index (χ3n) is 14.9. The molecule has 6 N–H and O–H groups in total. The molecule has 99 heavy (non-hydrogen) atoms. The zero-order valence-corrected chi connectivity index (χ0v) is 62.4. The lowest BCUT2D eigenvalue weighted by atomic mass is 9.89. The van der Waals surface area contributed by atoms with Crippen LogP contribution in [0, 0.1) is 29.1 Å². The number of rotatable bonds is 20. The van der Waals surface area contributed by atoms with Gasteiger partial charge in [0.15, 0.2) is 17.3 Å². The molecule has 0 aromatic heterocycles. The zero-order chi connectivity index (χ0) is 74.9. The largest absolute Gasteiger partial charge is 0.460 e. The topological polar surface area (TPSA) is 208 Å². The van der Waals surface area contributed by atoms with Gasteiger partial charge in [-0.25, -0.2) is 22.0 Å². The van der Waals surface area contributed by atoms with Crippen molar-refractivity contribution in [1.82, 2.24) is 0 Å². The van der Waals surface area contributed by atoms with Crippen LogP contribution in [0.5, 0.6) is 0 Å². The van der Waals surface area contributed by atoms with Crippen molar-refractivity contribution in [2.75, 3.05) is 11.5 Å². The Kier molecular flexibility index (Phi) is 31.8. The molecule has 0 bridgehead atoms. The zero-order valence-electron chi connectivity index (χ0n) is 57.1. The smallest absolute Gasteiger partial charge is 0.306 e. The molecule has 24 heteroatoms. The summed E-state index contributed by atoms with van der Waals surface area (Å²) in [6.07, 6.45) is 2.27. The number of ketones is 3. The van der Waals surface area contributed by atoms with Gasteiger partial charge in [-0.15, -0.1) is 0 Å². The third-order valence-corrected chi connectivity index (χ3v) is 17.0. The van der Waals surface area contributed by atoms with Crippen LogP contribution in [-0.2, 0) is 28.6 Å². The molecule has 0 aliphatic heterocycles. The molecule has 7 rings (SSSR count). The van der Waals surface area contributed by atoms with E-state index >= 15 is 8.78 Å². The first-order chi connectivity index (χ1) is 46.0. The van der Waals surface area contributed by atoms with E-state index in [0.717, 1.165) is 12.1 Å². The van der Waals surface area contributed by atoms with Gasteiger partial charge in [0.25, 0.3) is 0 Å². The second-order valence-electron chi connectivity index (χ2n) is 25.9. The van der Waals surface area contributed by atoms with E-state index in [0.29, 0.717) is 47.6 Å². The second-order valence-corrected chi connectivity index (χ2v) is 28.8. The minimum absolute atomic E-state index is 0.00630. The molecule has 0 saturated heterocycles. The molecule has 0 spiro atoms. The summed E-state index contributed by atoms with van der Waals surface area (Å²) < 4.78 is 88.5. The number of benzene rings is 7. The van der Waals surface area contributed by atoms with E-state index in [1.165, 1.54) is 84.9 Å². The lowest BCUT2D eigenvalue weighted by molar-refractivity contribution is -0.156. The first kappa shape index (κ1) is 84.6. The highest BCUT2D eigenvalue weighted by atomic mass is 35.5. The van der Waals surface area contributed by atoms with Gasteiger partial charge in [-0.05, 0) is 207 Å². The van der Waals surface area contributed by atoms with Crippen LogP contribution in [0.4, 0.5) is 33.3 Å². The average molecular weight is 1510 g/mol. The fraction of sp³-hybridized carbons (Fsp3) is 0.360. The highest BCUT2D eigenvalue weighted by Gasteiger charge is 2.31. The molecule has 0 aliphatic carbocycles. The van der Waals surface area contributed by atoms with Gasteiger partial charge in [0.05, 0.1) is 77.5 Å². The van der Waals surface area contributed by atoms with E-state index < -0.39 is 87.2 Å². The Labute approximate surface area is 610 Å². The Morgan fingerprint density at radius 1 is 0.374 bits per heavy atom. The molecule has 7 aromatic carbocycles. The fourth-order valence-electron chi connectivity index (χ4n) is 9.88. The molecule has 0 radical (unpaired) electrons. The standard InChI is InChI=1S/C22H22Cl2F2O3.C22H24Cl2FNO3.C16H15Cl2FN2O.C15H20ClFO2/c1-5-12(11-18(27)29-22(2,3)4)14-7-8-15(23)19(20(14)26)21(28)13-6-9-17(25)16(24)10-13;1-5-12(11-18(27)29-22(2,3)4)14-7-8-15(23)19(20(14)25)21(28)13-6-9-17(26)16(24)10-13;1-2-12(20)9-4-5-10(17)14(15(9)19)16(22)8-3-6-13(21)11(18)7-8;1-5-10(8-14(18)19-15(2,3)4)12-7-6-11(16)9-13(12)17/h6-10,12H,5,11H2,1-4H3;6-10,12H,5,11,26H2,1-4H3;3-7,12H,2,20-21H2,1H3;6-7,9-10H,5,8H2,1-4H3/t3*12-;10-/m0010/s1. The molecular formula is C75H81Cl7F5N3O9. The summed E-state index contributed by atoms with van der Waals surface area (Å²) in [4.78, 5) is 74.5. The van der Waals surface area contributed by atoms with Gasteiger partial charge in [0, 0.05) is 33.3 Å². The van der Waals surface area contributed by atoms with Gasteiger partial charge < -0.3 is 31.4 Å². The number of nitrogen functional groups attached to an aromatic ring is 2. The van der Waals surface area contributed by atoms with Gasteiger partial charge in [-0.3, -0.25) is 28.8 Å². The van der Waals surface area contributed by atoms with Crippen molar-refractivity contribution in [3.8, 4) is 0 Å². The van der Waals surface area contributed by atoms with Crippen molar-refractivity contribution in [2.24, 2.45) is 5.73 Å². The maximum absolute atomic E-state index is 15.4. The highest BCUT2D eigenvalue weighted by molar-refractivity contribution is 6.37. The molecule has 4 atom stereocenters. The molecule has 0 amide bonds. The Morgan fingerprint density at radius 3 is 0.980 bits per heavy atom. The van der Waals surface area contributed by atoms with Crippen LogP contribution in [0.2, 0.25) is 35.2 Å². The number of halogens is 12. The third kappa shape index (κ3) is 24.8. The maximum Gasteiger partial charge on any atom is 0.306 e. The Balaban J connectivity index is 0.000000284. The molecule has 0 unspecified atom stereocenters. The number of nitrogens with two attached hydrogens (primary N) is 3. The lowest BCUT2D eigenvalue weighted by Gasteiger charge is -2.22. The summed E-state index contributed by atoms with van der Waals surface area (Å²) >= 11 is 41.6. The molecule has 0 fully saturated rings. The van der Waals surface area contributed by atoms with Crippen molar-refractivity contribution in [2.45, 2.75) is 176 Å². The van der Waals surface area contributed by atoms with E-state index in [4.69, 9.17) is 113 Å². The maximum atomic E-state index is 15.4. The Morgan fingerprint density at radius 2 is 0.677 bits per heavy atom. The number of ether oxygens (including phenoxy) is 3. The van der Waals surface area contributed by atoms with Crippen molar-refractivity contribution in [1.29, 1.82) is 0 Å². The summed E-state index contributed by atoms with van der Waals surface area (Å²) in [7, 11) is 0. The molecule has 7 aromatic rings. The fourth-order valence-corrected chi connectivity index (χ4v) is 11.3. The van der Waals surface area contributed by atoms with Crippen LogP contribution in [-0.4, -0.2) is 52.1 Å². The predicted molar refractivity (Wildman–Crippen MR) is 387 cm³/mol. The Bertz CT molecular complexity index is 3930. The second kappa shape index (κ2) is 37.2. The van der Waals surface area contributed by atoms with Crippen molar-refractivity contribution >= 4 is 128 Å². The van der Waals surface area contributed by atoms with E-state index in [-0.39, 0.29) is 117 Å². The van der Waals surface area contributed by atoms with E-state index in [9.17, 15) is 41.9 Å². The average Bonchev–Trinajstić information content (AvgIpc) is 0.804. The first-order valence-electron chi connectivity index (χ1n) is 31.5. The minimum Gasteiger partial charge on any atom is -0.460 e. The lowest BCUT2D eigenvalue weighted by Crippen LogP contribution is -2.25. The van der Waals surface area contributed by atoms with Crippen molar-refractivity contribution < 1.29 is 64.9 Å². The summed E-state index contributed by atoms with van der Waals surface area (Å²) in [6, 6.07) is 24.9. The number of anilines is 2. The van der Waals surface area contributed by atoms with Gasteiger partial charge in [0.2, 0.25) is 0 Å². The number of hydrogen-bond acceptors (Lipinski definition) is 12. The van der Waals surface area contributed by atoms with Crippen LogP contribution < -0.4 is 17.2 Å². The Hall–Kier alpha value is -6.80. The normalized spacial score (nSPS) is 12.6. The molecular weight excluding hydrogens is 1430 g/mol. The van der Waals surface area contributed by atoms with E-state index in [2.05, 4.69) is 0 Å². The van der Waals surface area contributed by atoms with E-state index in [1.807, 2.05) is 48.5 Å². The molecule has 12 nitrogen and oxygen atoms in total. The summed E-state index contributed by atoms with van der Waals surface area (Å²) in [6.45, 7) is 23.4. The van der Waals surface area contributed by atoms with E-state index in [1.54, 1.807) is 53.7 Å². The molecule has 0 saturated carbocycles. The van der Waals surface area contributed by atoms with Crippen molar-refractivity contribution in [3.05, 3.63) is 229 Å². The molecule has 534 valence electrons.